The van der Waals surface area contributed by atoms with Crippen LogP contribution in [0.25, 0.3) is 0 Å². The largest absolute Gasteiger partial charge is 0.363 e. The van der Waals surface area contributed by atoms with Crippen LogP contribution in [0.5, 0.6) is 0 Å². The van der Waals surface area contributed by atoms with Crippen LogP contribution in [-0.2, 0) is 16.1 Å². The number of amides is 1. The number of hydrogen-bond acceptors (Lipinski definition) is 3. The number of benzene rings is 1. The number of aryl methyl sites for hydroxylation is 1. The molecule has 1 amide bonds. The Bertz CT molecular complexity index is 738. The molecule has 1 aromatic carbocycles. The van der Waals surface area contributed by atoms with Crippen LogP contribution in [0.3, 0.4) is 0 Å². The molecule has 1 fully saturated rings. The standard InChI is InChI=1S/C17H16ClNO2S/c1-10-4-2-3-5-11(10)13-7-19(17(20)14-9-21-14)8-15-12(13)6-16(18)22-15/h2-6,13-14H,7-9H2,1H3/t13-,14?/m1/s1. The van der Waals surface area contributed by atoms with Crippen molar-refractivity contribution in [3.8, 4) is 0 Å². The molecule has 3 nitrogen and oxygen atoms in total. The van der Waals surface area contributed by atoms with E-state index < -0.39 is 0 Å². The molecule has 2 aliphatic rings. The lowest BCUT2D eigenvalue weighted by Crippen LogP contribution is -2.40. The summed E-state index contributed by atoms with van der Waals surface area (Å²) in [4.78, 5) is 15.5. The molecule has 0 radical (unpaired) electrons. The Morgan fingerprint density at radius 2 is 2.14 bits per heavy atom. The van der Waals surface area contributed by atoms with Crippen LogP contribution in [0.4, 0.5) is 0 Å². The highest BCUT2D eigenvalue weighted by Crippen LogP contribution is 2.41. The molecular formula is C17H16ClNO2S. The minimum Gasteiger partial charge on any atom is -0.363 e. The van der Waals surface area contributed by atoms with Crippen molar-refractivity contribution >= 4 is 28.8 Å². The first-order chi connectivity index (χ1) is 10.6. The Labute approximate surface area is 138 Å². The van der Waals surface area contributed by atoms with Gasteiger partial charge in [0, 0.05) is 17.3 Å². The van der Waals surface area contributed by atoms with Gasteiger partial charge in [-0.25, -0.2) is 0 Å². The van der Waals surface area contributed by atoms with Crippen LogP contribution in [-0.4, -0.2) is 30.1 Å². The highest BCUT2D eigenvalue weighted by molar-refractivity contribution is 7.16. The zero-order valence-electron chi connectivity index (χ0n) is 12.2. The van der Waals surface area contributed by atoms with Gasteiger partial charge in [-0.05, 0) is 29.7 Å². The van der Waals surface area contributed by atoms with Crippen molar-refractivity contribution in [2.24, 2.45) is 0 Å². The summed E-state index contributed by atoms with van der Waals surface area (Å²) < 4.78 is 5.96. The summed E-state index contributed by atoms with van der Waals surface area (Å²) in [5.41, 5.74) is 3.79. The molecule has 4 rings (SSSR count). The number of carbonyl (C=O) groups is 1. The number of carbonyl (C=O) groups excluding carboxylic acids is 1. The fraction of sp³-hybridized carbons (Fsp3) is 0.353. The molecular weight excluding hydrogens is 318 g/mol. The van der Waals surface area contributed by atoms with Crippen LogP contribution in [0.1, 0.15) is 27.5 Å². The first-order valence-corrected chi connectivity index (χ1v) is 8.57. The highest BCUT2D eigenvalue weighted by atomic mass is 35.5. The number of hydrogen-bond donors (Lipinski definition) is 0. The molecule has 0 spiro atoms. The average Bonchev–Trinajstić information content (AvgIpc) is 3.27. The number of ether oxygens (including phenoxy) is 1. The van der Waals surface area contributed by atoms with E-state index >= 15 is 0 Å². The van der Waals surface area contributed by atoms with E-state index in [1.165, 1.54) is 21.6 Å². The van der Waals surface area contributed by atoms with Gasteiger partial charge in [0.05, 0.1) is 17.5 Å². The third-order valence-electron chi connectivity index (χ3n) is 4.41. The topological polar surface area (TPSA) is 32.8 Å². The monoisotopic (exact) mass is 333 g/mol. The van der Waals surface area contributed by atoms with Crippen LogP contribution >= 0.6 is 22.9 Å². The van der Waals surface area contributed by atoms with Gasteiger partial charge in [-0.15, -0.1) is 11.3 Å². The Balaban J connectivity index is 1.75. The molecule has 3 heterocycles. The third kappa shape index (κ3) is 2.45. The van der Waals surface area contributed by atoms with Crippen molar-refractivity contribution in [2.45, 2.75) is 25.5 Å². The second kappa shape index (κ2) is 5.37. The van der Waals surface area contributed by atoms with Gasteiger partial charge in [-0.3, -0.25) is 4.79 Å². The van der Waals surface area contributed by atoms with E-state index in [9.17, 15) is 4.79 Å². The van der Waals surface area contributed by atoms with E-state index in [4.69, 9.17) is 16.3 Å². The summed E-state index contributed by atoms with van der Waals surface area (Å²) in [6.07, 6.45) is -0.227. The van der Waals surface area contributed by atoms with Crippen molar-refractivity contribution in [1.82, 2.24) is 4.90 Å². The van der Waals surface area contributed by atoms with Crippen molar-refractivity contribution in [3.63, 3.8) is 0 Å². The quantitative estimate of drug-likeness (QED) is 0.787. The first kappa shape index (κ1) is 14.2. The number of nitrogens with zero attached hydrogens (tertiary/aromatic N) is 1. The van der Waals surface area contributed by atoms with Gasteiger partial charge in [0.25, 0.3) is 5.91 Å². The first-order valence-electron chi connectivity index (χ1n) is 7.37. The fourth-order valence-electron chi connectivity index (χ4n) is 3.19. The molecule has 1 unspecified atom stereocenters. The van der Waals surface area contributed by atoms with Gasteiger partial charge < -0.3 is 9.64 Å². The summed E-state index contributed by atoms with van der Waals surface area (Å²) in [5, 5.41) is 0. The van der Waals surface area contributed by atoms with Crippen LogP contribution in [0.15, 0.2) is 30.3 Å². The van der Waals surface area contributed by atoms with Gasteiger partial charge >= 0.3 is 0 Å². The molecule has 2 aromatic rings. The Kier molecular flexibility index (Phi) is 3.48. The number of rotatable bonds is 2. The molecule has 0 N–H and O–H groups in total. The normalized spacial score (nSPS) is 23.3. The van der Waals surface area contributed by atoms with Crippen LogP contribution in [0, 0.1) is 6.92 Å². The van der Waals surface area contributed by atoms with Crippen molar-refractivity contribution in [2.75, 3.05) is 13.2 Å². The van der Waals surface area contributed by atoms with Gasteiger partial charge in [-0.2, -0.15) is 0 Å². The Hall–Kier alpha value is -1.36. The molecule has 2 aliphatic heterocycles. The lowest BCUT2D eigenvalue weighted by atomic mass is 9.86. The number of epoxide rings is 1. The molecule has 114 valence electrons. The molecule has 5 heteroatoms. The van der Waals surface area contributed by atoms with Gasteiger partial charge in [0.2, 0.25) is 0 Å². The average molecular weight is 334 g/mol. The predicted molar refractivity (Wildman–Crippen MR) is 87.5 cm³/mol. The van der Waals surface area contributed by atoms with E-state index in [0.717, 1.165) is 4.34 Å². The van der Waals surface area contributed by atoms with E-state index in [1.807, 2.05) is 11.0 Å². The zero-order valence-corrected chi connectivity index (χ0v) is 13.8. The Morgan fingerprint density at radius 1 is 1.36 bits per heavy atom. The maximum atomic E-state index is 12.4. The molecule has 1 saturated heterocycles. The third-order valence-corrected chi connectivity index (χ3v) is 5.67. The van der Waals surface area contributed by atoms with E-state index in [2.05, 4.69) is 31.2 Å². The summed E-state index contributed by atoms with van der Waals surface area (Å²) in [7, 11) is 0. The summed E-state index contributed by atoms with van der Waals surface area (Å²) in [5.74, 6) is 0.296. The summed E-state index contributed by atoms with van der Waals surface area (Å²) in [6, 6.07) is 10.4. The van der Waals surface area contributed by atoms with Crippen LogP contribution < -0.4 is 0 Å². The number of halogens is 1. The molecule has 0 bridgehead atoms. The minimum atomic E-state index is -0.227. The highest BCUT2D eigenvalue weighted by Gasteiger charge is 2.39. The maximum Gasteiger partial charge on any atom is 0.254 e. The van der Waals surface area contributed by atoms with Gasteiger partial charge in [0.15, 0.2) is 6.10 Å². The van der Waals surface area contributed by atoms with Crippen molar-refractivity contribution in [3.05, 3.63) is 56.2 Å². The van der Waals surface area contributed by atoms with E-state index in [1.54, 1.807) is 11.3 Å². The Morgan fingerprint density at radius 3 is 2.86 bits per heavy atom. The van der Waals surface area contributed by atoms with Crippen molar-refractivity contribution in [1.29, 1.82) is 0 Å². The van der Waals surface area contributed by atoms with Gasteiger partial charge in [-0.1, -0.05) is 35.9 Å². The zero-order chi connectivity index (χ0) is 15.3. The molecule has 1 aromatic heterocycles. The predicted octanol–water partition coefficient (Wildman–Crippen LogP) is 3.58. The van der Waals surface area contributed by atoms with Crippen LogP contribution in [0.2, 0.25) is 4.34 Å². The lowest BCUT2D eigenvalue weighted by molar-refractivity contribution is -0.133. The molecule has 0 saturated carbocycles. The maximum absolute atomic E-state index is 12.4. The SMILES string of the molecule is Cc1ccccc1[C@H]1CN(C(=O)C2CO2)Cc2sc(Cl)cc21. The molecule has 22 heavy (non-hydrogen) atoms. The second-order valence-corrected chi connectivity index (χ2v) is 7.65. The second-order valence-electron chi connectivity index (χ2n) is 5.88. The number of thiophene rings is 1. The van der Waals surface area contributed by atoms with Crippen molar-refractivity contribution < 1.29 is 9.53 Å². The van der Waals surface area contributed by atoms with E-state index in [-0.39, 0.29) is 17.9 Å². The number of fused-ring (bicyclic) bond motifs is 1. The lowest BCUT2D eigenvalue weighted by Gasteiger charge is -2.33. The molecule has 0 aliphatic carbocycles. The smallest absolute Gasteiger partial charge is 0.254 e. The fourth-order valence-corrected chi connectivity index (χ4v) is 4.55. The molecule has 2 atom stereocenters. The van der Waals surface area contributed by atoms with E-state index in [0.29, 0.717) is 19.7 Å². The summed E-state index contributed by atoms with van der Waals surface area (Å²) >= 11 is 7.81. The summed E-state index contributed by atoms with van der Waals surface area (Å²) in [6.45, 7) is 4.02. The minimum absolute atomic E-state index is 0.105. The van der Waals surface area contributed by atoms with Gasteiger partial charge in [0.1, 0.15) is 0 Å².